The van der Waals surface area contributed by atoms with Crippen LogP contribution in [0.25, 0.3) is 32.8 Å². The smallest absolute Gasteiger partial charge is 0.319 e. The molecule has 4 unspecified atom stereocenters. The van der Waals surface area contributed by atoms with E-state index in [0.29, 0.717) is 48.4 Å². The standard InChI is InChI=1S/C38H36F2N6O3/c1-2-28-31(39)8-3-21-11-26(47)13-29(32(21)28)33-22(14-41)12-30-35(34(33)40)43-37(44-36(30)45-15-23-4-5-24(16-45)42-23)49-20-38(9-10-38)19-46-17-27-7-6-25(46)18-48-27/h1,3,8,11-13,23-25,27,42,47H,4-7,9-10,15-20H2. The molecular weight excluding hydrogens is 626 g/mol. The molecule has 0 radical (unpaired) electrons. The van der Waals surface area contributed by atoms with Crippen LogP contribution in [0.4, 0.5) is 14.6 Å². The molecule has 11 heteroatoms. The Morgan fingerprint density at radius 2 is 1.90 bits per heavy atom. The van der Waals surface area contributed by atoms with Gasteiger partial charge in [-0.1, -0.05) is 12.0 Å². The minimum absolute atomic E-state index is 0.00231. The van der Waals surface area contributed by atoms with Crippen LogP contribution in [0.5, 0.6) is 11.8 Å². The number of rotatable bonds is 7. The Hall–Kier alpha value is -4.55. The maximum atomic E-state index is 17.2. The van der Waals surface area contributed by atoms with Gasteiger partial charge in [0.1, 0.15) is 22.9 Å². The molecule has 5 aliphatic heterocycles. The molecule has 1 aliphatic carbocycles. The van der Waals surface area contributed by atoms with Gasteiger partial charge < -0.3 is 24.8 Å². The average molecular weight is 663 g/mol. The van der Waals surface area contributed by atoms with Gasteiger partial charge in [-0.05, 0) is 73.7 Å². The summed E-state index contributed by atoms with van der Waals surface area (Å²) in [6.07, 6.45) is 12.5. The van der Waals surface area contributed by atoms with E-state index in [4.69, 9.17) is 20.9 Å². The maximum absolute atomic E-state index is 17.2. The zero-order valence-electron chi connectivity index (χ0n) is 27.0. The zero-order valence-corrected chi connectivity index (χ0v) is 27.0. The van der Waals surface area contributed by atoms with Crippen LogP contribution in [0.15, 0.2) is 30.3 Å². The molecule has 1 saturated carbocycles. The molecule has 4 bridgehead atoms. The normalized spacial score (nSPS) is 25.4. The van der Waals surface area contributed by atoms with E-state index in [-0.39, 0.29) is 62.4 Å². The first-order valence-corrected chi connectivity index (χ1v) is 17.2. The lowest BCUT2D eigenvalue weighted by molar-refractivity contribution is -0.112. The first-order chi connectivity index (χ1) is 23.8. The van der Waals surface area contributed by atoms with Gasteiger partial charge in [-0.3, -0.25) is 4.90 Å². The molecule has 6 heterocycles. The van der Waals surface area contributed by atoms with Crippen molar-refractivity contribution in [2.45, 2.75) is 62.8 Å². The number of terminal acetylenes is 1. The van der Waals surface area contributed by atoms with Gasteiger partial charge in [0, 0.05) is 66.1 Å². The van der Waals surface area contributed by atoms with Gasteiger partial charge in [0.2, 0.25) is 0 Å². The van der Waals surface area contributed by atoms with Crippen LogP contribution in [-0.2, 0) is 4.74 Å². The van der Waals surface area contributed by atoms with Crippen molar-refractivity contribution in [2.75, 3.05) is 44.3 Å². The molecule has 2 N–H and O–H groups in total. The summed E-state index contributed by atoms with van der Waals surface area (Å²) < 4.78 is 44.5. The van der Waals surface area contributed by atoms with Crippen LogP contribution in [0.3, 0.4) is 0 Å². The van der Waals surface area contributed by atoms with Crippen molar-refractivity contribution >= 4 is 27.5 Å². The fourth-order valence-electron chi connectivity index (χ4n) is 8.58. The van der Waals surface area contributed by atoms with Crippen molar-refractivity contribution in [1.82, 2.24) is 20.2 Å². The highest BCUT2D eigenvalue weighted by molar-refractivity contribution is 6.05. The number of anilines is 1. The number of fused-ring (bicyclic) bond motifs is 7. The number of hydrogen-bond acceptors (Lipinski definition) is 9. The average Bonchev–Trinajstić information content (AvgIpc) is 3.80. The van der Waals surface area contributed by atoms with Crippen LogP contribution in [0, 0.1) is 40.7 Å². The number of nitrogens with zero attached hydrogens (tertiary/aromatic N) is 5. The van der Waals surface area contributed by atoms with Crippen molar-refractivity contribution in [1.29, 1.82) is 5.26 Å². The first-order valence-electron chi connectivity index (χ1n) is 17.2. The molecule has 4 aromatic rings. The molecule has 4 atom stereocenters. The number of halogens is 2. The Kier molecular flexibility index (Phi) is 7.17. The largest absolute Gasteiger partial charge is 0.508 e. The molecule has 250 valence electrons. The third-order valence-electron chi connectivity index (χ3n) is 11.3. The number of piperidine rings is 1. The van der Waals surface area contributed by atoms with Crippen molar-refractivity contribution in [3.05, 3.63) is 53.1 Å². The van der Waals surface area contributed by atoms with Crippen LogP contribution >= 0.6 is 0 Å². The lowest BCUT2D eigenvalue weighted by Crippen LogP contribution is -2.56. The number of phenols is 1. The maximum Gasteiger partial charge on any atom is 0.319 e. The topological polar surface area (TPSA) is 107 Å². The van der Waals surface area contributed by atoms with Crippen LogP contribution in [-0.4, -0.2) is 83.6 Å². The van der Waals surface area contributed by atoms with E-state index >= 15 is 4.39 Å². The zero-order chi connectivity index (χ0) is 33.4. The third-order valence-corrected chi connectivity index (χ3v) is 11.3. The van der Waals surface area contributed by atoms with E-state index in [0.717, 1.165) is 58.2 Å². The summed E-state index contributed by atoms with van der Waals surface area (Å²) in [5.41, 5.74) is -0.118. The van der Waals surface area contributed by atoms with Gasteiger partial charge >= 0.3 is 6.01 Å². The Bertz CT molecular complexity index is 2090. The predicted octanol–water partition coefficient (Wildman–Crippen LogP) is 5.25. The van der Waals surface area contributed by atoms with E-state index in [9.17, 15) is 14.8 Å². The van der Waals surface area contributed by atoms with Crippen molar-refractivity contribution < 1.29 is 23.4 Å². The second kappa shape index (κ2) is 11.5. The van der Waals surface area contributed by atoms with Crippen LogP contribution in [0.1, 0.15) is 49.7 Å². The highest BCUT2D eigenvalue weighted by Gasteiger charge is 2.48. The second-order valence-electron chi connectivity index (χ2n) is 14.6. The number of ether oxygens (including phenoxy) is 2. The molecule has 1 aromatic heterocycles. The van der Waals surface area contributed by atoms with Gasteiger partial charge in [0.15, 0.2) is 5.82 Å². The summed E-state index contributed by atoms with van der Waals surface area (Å²) in [5, 5.41) is 25.7. The number of phenolic OH excluding ortho intramolecular Hbond substituents is 1. The Morgan fingerprint density at radius 3 is 2.57 bits per heavy atom. The minimum atomic E-state index is -0.787. The molecule has 6 fully saturated rings. The van der Waals surface area contributed by atoms with Crippen LogP contribution < -0.4 is 15.0 Å². The number of nitriles is 1. The number of benzene rings is 3. The third kappa shape index (κ3) is 5.23. The molecule has 10 rings (SSSR count). The van der Waals surface area contributed by atoms with Crippen LogP contribution in [0.2, 0.25) is 0 Å². The van der Waals surface area contributed by atoms with E-state index in [1.165, 1.54) is 24.3 Å². The first kappa shape index (κ1) is 30.5. The predicted molar refractivity (Wildman–Crippen MR) is 180 cm³/mol. The van der Waals surface area contributed by atoms with Crippen molar-refractivity contribution in [3.8, 4) is 41.3 Å². The van der Waals surface area contributed by atoms with E-state index in [2.05, 4.69) is 32.1 Å². The highest BCUT2D eigenvalue weighted by Crippen LogP contribution is 2.48. The van der Waals surface area contributed by atoms with Gasteiger partial charge in [-0.15, -0.1) is 6.42 Å². The number of hydrogen-bond donors (Lipinski definition) is 2. The number of morpholine rings is 1. The molecule has 0 spiro atoms. The minimum Gasteiger partial charge on any atom is -0.508 e. The quantitative estimate of drug-likeness (QED) is 0.257. The molecule has 9 nitrogen and oxygen atoms in total. The van der Waals surface area contributed by atoms with Crippen molar-refractivity contribution in [3.63, 3.8) is 0 Å². The fraction of sp³-hybridized carbons (Fsp3) is 0.447. The second-order valence-corrected chi connectivity index (χ2v) is 14.6. The summed E-state index contributed by atoms with van der Waals surface area (Å²) in [6, 6.07) is 10.2. The summed E-state index contributed by atoms with van der Waals surface area (Å²) in [6.45, 7) is 4.41. The summed E-state index contributed by atoms with van der Waals surface area (Å²) in [4.78, 5) is 14.2. The number of piperazine rings is 1. The lowest BCUT2D eigenvalue weighted by atomic mass is 9.90. The van der Waals surface area contributed by atoms with Gasteiger partial charge in [-0.2, -0.15) is 15.2 Å². The molecule has 3 aromatic carbocycles. The molecular formula is C38H36F2N6O3. The Balaban J connectivity index is 1.16. The highest BCUT2D eigenvalue weighted by atomic mass is 19.1. The molecule has 49 heavy (non-hydrogen) atoms. The molecule has 0 amide bonds. The molecule has 6 aliphatic rings. The fourth-order valence-corrected chi connectivity index (χ4v) is 8.58. The monoisotopic (exact) mass is 662 g/mol. The lowest BCUT2D eigenvalue weighted by Gasteiger charge is -2.46. The van der Waals surface area contributed by atoms with E-state index < -0.39 is 11.6 Å². The molecule has 5 saturated heterocycles. The van der Waals surface area contributed by atoms with Gasteiger partial charge in [0.05, 0.1) is 36.5 Å². The summed E-state index contributed by atoms with van der Waals surface area (Å²) in [7, 11) is 0. The van der Waals surface area contributed by atoms with Crippen molar-refractivity contribution in [2.24, 2.45) is 5.41 Å². The number of aromatic nitrogens is 2. The summed E-state index contributed by atoms with van der Waals surface area (Å²) >= 11 is 0. The number of nitrogens with one attached hydrogen (secondary N) is 1. The van der Waals surface area contributed by atoms with Gasteiger partial charge in [0.25, 0.3) is 0 Å². The van der Waals surface area contributed by atoms with Gasteiger partial charge in [-0.25, -0.2) is 8.78 Å². The van der Waals surface area contributed by atoms with E-state index in [1.807, 2.05) is 0 Å². The summed E-state index contributed by atoms with van der Waals surface area (Å²) in [5.74, 6) is 1.28. The van der Waals surface area contributed by atoms with E-state index in [1.54, 1.807) is 6.07 Å². The Labute approximate surface area is 282 Å². The number of aromatic hydroxyl groups is 1. The Morgan fingerprint density at radius 1 is 1.08 bits per heavy atom. The SMILES string of the molecule is C#Cc1c(F)ccc2cc(O)cc(-c3c(C#N)cc4c(N5CC6CCC(C5)N6)nc(OCC5(CN6CC7CCC6CO7)CC5)nc4c3F)c12.